The maximum atomic E-state index is 12.5. The summed E-state index contributed by atoms with van der Waals surface area (Å²) in [4.78, 5) is 32.7. The summed E-state index contributed by atoms with van der Waals surface area (Å²) < 4.78 is 6.78. The number of aliphatic imine (C=N–C) groups is 2. The first-order valence-corrected chi connectivity index (χ1v) is 9.65. The monoisotopic (exact) mass is 427 g/mol. The molecule has 1 aliphatic rings. The predicted octanol–water partition coefficient (Wildman–Crippen LogP) is 3.49. The highest BCUT2D eigenvalue weighted by molar-refractivity contribution is 6.31. The zero-order valence-electron chi connectivity index (χ0n) is 17.2. The fourth-order valence-electron chi connectivity index (χ4n) is 3.11. The van der Waals surface area contributed by atoms with E-state index >= 15 is 0 Å². The third-order valence-corrected chi connectivity index (χ3v) is 5.07. The minimum Gasteiger partial charge on any atom is -0.495 e. The maximum Gasteiger partial charge on any atom is 0.281 e. The molecular weight excluding hydrogens is 406 g/mol. The molecule has 2 aromatic rings. The third kappa shape index (κ3) is 4.33. The Morgan fingerprint density at radius 3 is 2.67 bits per heavy atom. The standard InChI is InChI=1S/C21H22ClN5O3/c1-11-12(2)23-21(25-20(11)29)27-14(4)16(13(3)26-27)7-9-19(28)24-17-10-15(22)6-8-18(17)30-5/h6,8,10H,1,7,9H2,2-5H3,(H,24,28). The van der Waals surface area contributed by atoms with E-state index in [2.05, 4.69) is 27.0 Å². The Kier molecular flexibility index (Phi) is 6.17. The van der Waals surface area contributed by atoms with Crippen molar-refractivity contribution < 1.29 is 14.3 Å². The molecule has 0 radical (unpaired) electrons. The number of nitrogens with one attached hydrogen (secondary N) is 1. The van der Waals surface area contributed by atoms with E-state index in [0.29, 0.717) is 28.6 Å². The van der Waals surface area contributed by atoms with Gasteiger partial charge in [0.05, 0.1) is 29.8 Å². The quantitative estimate of drug-likeness (QED) is 0.738. The van der Waals surface area contributed by atoms with E-state index < -0.39 is 5.91 Å². The molecule has 2 heterocycles. The van der Waals surface area contributed by atoms with Gasteiger partial charge in [0.15, 0.2) is 0 Å². The number of benzene rings is 1. The van der Waals surface area contributed by atoms with Crippen molar-refractivity contribution in [3.05, 3.63) is 52.3 Å². The summed E-state index contributed by atoms with van der Waals surface area (Å²) in [7, 11) is 1.53. The summed E-state index contributed by atoms with van der Waals surface area (Å²) in [6.45, 7) is 9.08. The molecular formula is C21H22ClN5O3. The van der Waals surface area contributed by atoms with Crippen LogP contribution >= 0.6 is 11.6 Å². The molecule has 2 amide bonds. The lowest BCUT2D eigenvalue weighted by Crippen LogP contribution is -2.23. The van der Waals surface area contributed by atoms with Gasteiger partial charge in [-0.05, 0) is 51.0 Å². The first-order chi connectivity index (χ1) is 14.2. The number of rotatable bonds is 5. The zero-order chi connectivity index (χ0) is 22.0. The van der Waals surface area contributed by atoms with E-state index in [1.807, 2.05) is 13.8 Å². The highest BCUT2D eigenvalue weighted by Crippen LogP contribution is 2.28. The van der Waals surface area contributed by atoms with E-state index in [9.17, 15) is 9.59 Å². The number of aryl methyl sites for hydroxylation is 1. The van der Waals surface area contributed by atoms with Gasteiger partial charge >= 0.3 is 0 Å². The molecule has 30 heavy (non-hydrogen) atoms. The summed E-state index contributed by atoms with van der Waals surface area (Å²) in [5.74, 6) is 0.117. The number of anilines is 1. The van der Waals surface area contributed by atoms with Crippen LogP contribution < -0.4 is 10.1 Å². The van der Waals surface area contributed by atoms with Crippen LogP contribution in [0.1, 0.15) is 30.3 Å². The van der Waals surface area contributed by atoms with Gasteiger partial charge in [-0.1, -0.05) is 18.2 Å². The van der Waals surface area contributed by atoms with Crippen molar-refractivity contribution in [1.82, 2.24) is 9.78 Å². The summed E-state index contributed by atoms with van der Waals surface area (Å²) in [5, 5.41) is 7.78. The molecule has 0 bridgehead atoms. The predicted molar refractivity (Wildman–Crippen MR) is 117 cm³/mol. The Labute approximate surface area is 179 Å². The number of carbonyl (C=O) groups is 2. The van der Waals surface area contributed by atoms with Crippen molar-refractivity contribution >= 4 is 40.8 Å². The van der Waals surface area contributed by atoms with Crippen molar-refractivity contribution in [2.45, 2.75) is 33.6 Å². The second kappa shape index (κ2) is 8.62. The van der Waals surface area contributed by atoms with Crippen LogP contribution in [0.25, 0.3) is 0 Å². The van der Waals surface area contributed by atoms with Gasteiger partial charge in [-0.15, -0.1) is 0 Å². The number of methoxy groups -OCH3 is 1. The summed E-state index contributed by atoms with van der Waals surface area (Å²) in [5.41, 5.74) is 3.71. The molecule has 1 N–H and O–H groups in total. The fraction of sp³-hybridized carbons (Fsp3) is 0.286. The maximum absolute atomic E-state index is 12.5. The average molecular weight is 428 g/mol. The van der Waals surface area contributed by atoms with Crippen LogP contribution in [0, 0.1) is 13.8 Å². The van der Waals surface area contributed by atoms with E-state index in [1.165, 1.54) is 11.8 Å². The minimum absolute atomic E-state index is 0.183. The lowest BCUT2D eigenvalue weighted by molar-refractivity contribution is -0.116. The van der Waals surface area contributed by atoms with Crippen LogP contribution in [0.3, 0.4) is 0 Å². The Morgan fingerprint density at radius 2 is 2.00 bits per heavy atom. The number of hydrogen-bond donors (Lipinski definition) is 1. The number of nitrogens with zero attached hydrogens (tertiary/aromatic N) is 4. The van der Waals surface area contributed by atoms with Crippen molar-refractivity contribution in [2.75, 3.05) is 12.4 Å². The average Bonchev–Trinajstić information content (AvgIpc) is 2.98. The summed E-state index contributed by atoms with van der Waals surface area (Å²) in [6.07, 6.45) is 0.691. The fourth-order valence-corrected chi connectivity index (χ4v) is 3.28. The first-order valence-electron chi connectivity index (χ1n) is 9.27. The Balaban J connectivity index is 1.75. The molecule has 0 atom stereocenters. The largest absolute Gasteiger partial charge is 0.495 e. The van der Waals surface area contributed by atoms with Gasteiger partial charge < -0.3 is 10.1 Å². The topological polar surface area (TPSA) is 97.9 Å². The number of aromatic nitrogens is 2. The number of ether oxygens (including phenoxy) is 1. The van der Waals surface area contributed by atoms with Crippen LogP contribution in [0.2, 0.25) is 5.02 Å². The molecule has 1 aliphatic heterocycles. The molecule has 0 fully saturated rings. The number of hydrogen-bond acceptors (Lipinski definition) is 5. The van der Waals surface area contributed by atoms with Crippen LogP contribution in [-0.2, 0) is 16.0 Å². The number of halogens is 1. The molecule has 0 unspecified atom stereocenters. The Morgan fingerprint density at radius 1 is 1.27 bits per heavy atom. The van der Waals surface area contributed by atoms with Gasteiger partial charge in [-0.25, -0.2) is 9.67 Å². The van der Waals surface area contributed by atoms with Crippen molar-refractivity contribution in [3.63, 3.8) is 0 Å². The second-order valence-corrected chi connectivity index (χ2v) is 7.28. The highest BCUT2D eigenvalue weighted by Gasteiger charge is 2.22. The molecule has 3 rings (SSSR count). The van der Waals surface area contributed by atoms with E-state index in [4.69, 9.17) is 16.3 Å². The molecule has 156 valence electrons. The van der Waals surface area contributed by atoms with Crippen LogP contribution in [0.4, 0.5) is 5.69 Å². The van der Waals surface area contributed by atoms with Gasteiger partial charge in [0.25, 0.3) is 11.9 Å². The summed E-state index contributed by atoms with van der Waals surface area (Å²) in [6, 6.07) is 5.02. The van der Waals surface area contributed by atoms with Crippen LogP contribution in [0.15, 0.2) is 40.3 Å². The molecule has 0 saturated carbocycles. The Bertz CT molecular complexity index is 1110. The van der Waals surface area contributed by atoms with Gasteiger partial charge in [0.1, 0.15) is 5.75 Å². The number of amides is 2. The lowest BCUT2D eigenvalue weighted by Gasteiger charge is -2.12. The van der Waals surface area contributed by atoms with Gasteiger partial charge in [-0.2, -0.15) is 10.1 Å². The SMILES string of the molecule is C=C1C(=O)N=C(n2nc(C)c(CCC(=O)Nc3cc(Cl)ccc3OC)c2C)N=C1C. The van der Waals surface area contributed by atoms with Gasteiger partial charge in [0.2, 0.25) is 5.91 Å². The molecule has 1 aromatic heterocycles. The van der Waals surface area contributed by atoms with Gasteiger partial charge in [-0.3, -0.25) is 9.59 Å². The third-order valence-electron chi connectivity index (χ3n) is 4.83. The van der Waals surface area contributed by atoms with E-state index in [-0.39, 0.29) is 23.9 Å². The highest BCUT2D eigenvalue weighted by atomic mass is 35.5. The molecule has 0 saturated heterocycles. The van der Waals surface area contributed by atoms with Crippen molar-refractivity contribution in [3.8, 4) is 5.75 Å². The normalized spacial score (nSPS) is 13.8. The first kappa shape index (κ1) is 21.4. The van der Waals surface area contributed by atoms with Crippen LogP contribution in [-0.4, -0.2) is 40.4 Å². The van der Waals surface area contributed by atoms with Crippen molar-refractivity contribution in [2.24, 2.45) is 9.98 Å². The molecule has 9 heteroatoms. The van der Waals surface area contributed by atoms with E-state index in [1.54, 1.807) is 25.1 Å². The molecule has 1 aromatic carbocycles. The molecule has 8 nitrogen and oxygen atoms in total. The molecule has 0 spiro atoms. The lowest BCUT2D eigenvalue weighted by atomic mass is 10.1. The Hall–Kier alpha value is -3.26. The minimum atomic E-state index is -0.429. The zero-order valence-corrected chi connectivity index (χ0v) is 18.0. The smallest absolute Gasteiger partial charge is 0.281 e. The number of carbonyl (C=O) groups excluding carboxylic acids is 2. The van der Waals surface area contributed by atoms with Gasteiger partial charge in [0, 0.05) is 17.1 Å². The molecule has 0 aliphatic carbocycles. The second-order valence-electron chi connectivity index (χ2n) is 6.85. The van der Waals surface area contributed by atoms with Crippen molar-refractivity contribution in [1.29, 1.82) is 0 Å². The van der Waals surface area contributed by atoms with E-state index in [0.717, 1.165) is 17.0 Å². The van der Waals surface area contributed by atoms with Crippen LogP contribution in [0.5, 0.6) is 5.75 Å². The summed E-state index contributed by atoms with van der Waals surface area (Å²) >= 11 is 6.01.